The van der Waals surface area contributed by atoms with Crippen molar-refractivity contribution in [3.05, 3.63) is 34.4 Å². The summed E-state index contributed by atoms with van der Waals surface area (Å²) in [5, 5.41) is 11.3. The van der Waals surface area contributed by atoms with Crippen LogP contribution in [-0.4, -0.2) is 23.5 Å². The van der Waals surface area contributed by atoms with E-state index in [1.54, 1.807) is 0 Å². The van der Waals surface area contributed by atoms with Gasteiger partial charge in [0.15, 0.2) is 0 Å². The summed E-state index contributed by atoms with van der Waals surface area (Å²) in [6.07, 6.45) is 0.732. The molecule has 1 atom stereocenters. The van der Waals surface area contributed by atoms with Crippen LogP contribution in [-0.2, 0) is 16.0 Å². The summed E-state index contributed by atoms with van der Waals surface area (Å²) in [5.41, 5.74) is 4.31. The van der Waals surface area contributed by atoms with Crippen LogP contribution in [0.1, 0.15) is 22.3 Å². The number of hydrogen-bond acceptors (Lipinski definition) is 2. The fraction of sp³-hybridized carbons (Fsp3) is 0.385. The monoisotopic (exact) mass is 235 g/mol. The number of carboxylic acid groups (broad SMARTS) is 1. The van der Waals surface area contributed by atoms with Crippen molar-refractivity contribution < 1.29 is 14.7 Å². The van der Waals surface area contributed by atoms with Crippen molar-refractivity contribution in [2.45, 2.75) is 33.2 Å². The predicted molar refractivity (Wildman–Crippen MR) is 65.0 cm³/mol. The van der Waals surface area contributed by atoms with Crippen molar-refractivity contribution in [1.82, 2.24) is 5.32 Å². The number of aliphatic carboxylic acids is 1. The van der Waals surface area contributed by atoms with Crippen LogP contribution in [0.2, 0.25) is 0 Å². The number of carboxylic acids is 1. The van der Waals surface area contributed by atoms with Crippen molar-refractivity contribution >= 4 is 12.4 Å². The molecule has 0 aliphatic carbocycles. The van der Waals surface area contributed by atoms with Gasteiger partial charge in [0.05, 0.1) is 0 Å². The third-order valence-corrected chi connectivity index (χ3v) is 2.94. The van der Waals surface area contributed by atoms with Crippen LogP contribution >= 0.6 is 0 Å². The second-order valence-electron chi connectivity index (χ2n) is 4.24. The summed E-state index contributed by atoms with van der Waals surface area (Å²) in [6.45, 7) is 5.95. The van der Waals surface area contributed by atoms with Crippen molar-refractivity contribution in [1.29, 1.82) is 0 Å². The number of aryl methyl sites for hydroxylation is 3. The maximum atomic E-state index is 10.9. The molecule has 0 radical (unpaired) electrons. The standard InChI is InChI=1S/C13H17NO3/c1-8-4-10(3)11(5-9(8)2)6-12(13(16)17)14-7-15/h4-5,7,12H,6H2,1-3H3,(H,14,15)(H,16,17). The normalized spacial score (nSPS) is 11.9. The van der Waals surface area contributed by atoms with E-state index in [-0.39, 0.29) is 0 Å². The predicted octanol–water partition coefficient (Wildman–Crippen LogP) is 1.35. The van der Waals surface area contributed by atoms with Crippen LogP contribution in [0, 0.1) is 20.8 Å². The van der Waals surface area contributed by atoms with Crippen LogP contribution in [0.3, 0.4) is 0 Å². The smallest absolute Gasteiger partial charge is 0.326 e. The van der Waals surface area contributed by atoms with E-state index in [9.17, 15) is 9.59 Å². The van der Waals surface area contributed by atoms with Crippen molar-refractivity contribution in [2.75, 3.05) is 0 Å². The molecule has 0 saturated heterocycles. The molecule has 0 aliphatic heterocycles. The Bertz CT molecular complexity index is 441. The van der Waals surface area contributed by atoms with Gasteiger partial charge in [-0.25, -0.2) is 4.79 Å². The molecule has 1 unspecified atom stereocenters. The first-order chi connectivity index (χ1) is 7.95. The van der Waals surface area contributed by atoms with E-state index < -0.39 is 12.0 Å². The van der Waals surface area contributed by atoms with Gasteiger partial charge in [0.2, 0.25) is 6.41 Å². The molecule has 17 heavy (non-hydrogen) atoms. The van der Waals surface area contributed by atoms with Crippen LogP contribution in [0.25, 0.3) is 0 Å². The lowest BCUT2D eigenvalue weighted by atomic mass is 9.96. The maximum absolute atomic E-state index is 10.9. The zero-order valence-corrected chi connectivity index (χ0v) is 10.3. The summed E-state index contributed by atoms with van der Waals surface area (Å²) >= 11 is 0. The molecule has 0 saturated carbocycles. The molecule has 0 heterocycles. The Balaban J connectivity index is 2.96. The molecule has 0 bridgehead atoms. The van der Waals surface area contributed by atoms with Crippen molar-refractivity contribution in [3.63, 3.8) is 0 Å². The summed E-state index contributed by atoms with van der Waals surface area (Å²) in [5.74, 6) is -1.02. The Labute approximate surface area is 101 Å². The zero-order chi connectivity index (χ0) is 13.0. The molecule has 4 heteroatoms. The molecule has 1 aromatic rings. The van der Waals surface area contributed by atoms with Crippen molar-refractivity contribution in [3.8, 4) is 0 Å². The summed E-state index contributed by atoms with van der Waals surface area (Å²) < 4.78 is 0. The number of amides is 1. The minimum absolute atomic E-state index is 0.307. The quantitative estimate of drug-likeness (QED) is 0.757. The highest BCUT2D eigenvalue weighted by Gasteiger charge is 2.18. The minimum atomic E-state index is -1.02. The molecule has 92 valence electrons. The number of hydrogen-bond donors (Lipinski definition) is 2. The average molecular weight is 235 g/mol. The molecule has 2 N–H and O–H groups in total. The minimum Gasteiger partial charge on any atom is -0.480 e. The Morgan fingerprint density at radius 1 is 1.29 bits per heavy atom. The summed E-state index contributed by atoms with van der Waals surface area (Å²) in [4.78, 5) is 21.3. The second-order valence-corrected chi connectivity index (χ2v) is 4.24. The van der Waals surface area contributed by atoms with Crippen LogP contribution in [0.5, 0.6) is 0 Å². The van der Waals surface area contributed by atoms with E-state index in [4.69, 9.17) is 5.11 Å². The van der Waals surface area contributed by atoms with Crippen LogP contribution in [0.15, 0.2) is 12.1 Å². The van der Waals surface area contributed by atoms with Gasteiger partial charge >= 0.3 is 5.97 Å². The first-order valence-corrected chi connectivity index (χ1v) is 5.45. The number of rotatable bonds is 5. The maximum Gasteiger partial charge on any atom is 0.326 e. The van der Waals surface area contributed by atoms with E-state index in [0.717, 1.165) is 16.7 Å². The SMILES string of the molecule is Cc1cc(C)c(CC(NC=O)C(=O)O)cc1C. The molecule has 1 aromatic carbocycles. The second kappa shape index (κ2) is 5.48. The van der Waals surface area contributed by atoms with Crippen LogP contribution < -0.4 is 5.32 Å². The lowest BCUT2D eigenvalue weighted by molar-refractivity contribution is -0.140. The van der Waals surface area contributed by atoms with Gasteiger partial charge in [-0.15, -0.1) is 0 Å². The Kier molecular flexibility index (Phi) is 4.26. The van der Waals surface area contributed by atoms with Gasteiger partial charge in [-0.1, -0.05) is 12.1 Å². The molecule has 0 aliphatic rings. The van der Waals surface area contributed by atoms with E-state index in [0.29, 0.717) is 12.8 Å². The Morgan fingerprint density at radius 3 is 2.41 bits per heavy atom. The molecule has 1 amide bonds. The van der Waals surface area contributed by atoms with Gasteiger partial charge in [-0.3, -0.25) is 4.79 Å². The third kappa shape index (κ3) is 3.31. The molecule has 0 aromatic heterocycles. The van der Waals surface area contributed by atoms with Gasteiger partial charge in [0, 0.05) is 6.42 Å². The van der Waals surface area contributed by atoms with Gasteiger partial charge in [-0.2, -0.15) is 0 Å². The molecular weight excluding hydrogens is 218 g/mol. The fourth-order valence-corrected chi connectivity index (χ4v) is 1.76. The third-order valence-electron chi connectivity index (χ3n) is 2.94. The number of carbonyl (C=O) groups excluding carboxylic acids is 1. The summed E-state index contributed by atoms with van der Waals surface area (Å²) in [6, 6.07) is 3.14. The van der Waals surface area contributed by atoms with E-state index in [1.807, 2.05) is 32.9 Å². The van der Waals surface area contributed by atoms with Crippen LogP contribution in [0.4, 0.5) is 0 Å². The van der Waals surface area contributed by atoms with Gasteiger partial charge < -0.3 is 10.4 Å². The first-order valence-electron chi connectivity index (χ1n) is 5.45. The topological polar surface area (TPSA) is 66.4 Å². The molecule has 1 rings (SSSR count). The average Bonchev–Trinajstić information content (AvgIpc) is 2.24. The highest BCUT2D eigenvalue weighted by atomic mass is 16.4. The van der Waals surface area contributed by atoms with Gasteiger partial charge in [-0.05, 0) is 43.0 Å². The lowest BCUT2D eigenvalue weighted by Crippen LogP contribution is -2.37. The molecule has 0 spiro atoms. The number of benzene rings is 1. The van der Waals surface area contributed by atoms with E-state index >= 15 is 0 Å². The van der Waals surface area contributed by atoms with Gasteiger partial charge in [0.1, 0.15) is 6.04 Å². The molecular formula is C13H17NO3. The van der Waals surface area contributed by atoms with Gasteiger partial charge in [0.25, 0.3) is 0 Å². The highest BCUT2D eigenvalue weighted by molar-refractivity contribution is 5.76. The zero-order valence-electron chi connectivity index (χ0n) is 10.3. The fourth-order valence-electron chi connectivity index (χ4n) is 1.76. The Hall–Kier alpha value is -1.84. The van der Waals surface area contributed by atoms with E-state index in [1.165, 1.54) is 5.56 Å². The molecule has 4 nitrogen and oxygen atoms in total. The van der Waals surface area contributed by atoms with E-state index in [2.05, 4.69) is 5.32 Å². The Morgan fingerprint density at radius 2 is 1.88 bits per heavy atom. The number of nitrogens with one attached hydrogen (secondary N) is 1. The van der Waals surface area contributed by atoms with Crippen molar-refractivity contribution in [2.24, 2.45) is 0 Å². The summed E-state index contributed by atoms with van der Waals surface area (Å²) in [7, 11) is 0. The molecule has 0 fully saturated rings. The number of carbonyl (C=O) groups is 2. The lowest BCUT2D eigenvalue weighted by Gasteiger charge is -2.14. The first kappa shape index (κ1) is 13.2. The highest BCUT2D eigenvalue weighted by Crippen LogP contribution is 2.16. The largest absolute Gasteiger partial charge is 0.480 e.